The van der Waals surface area contributed by atoms with Crippen LogP contribution in [0.4, 0.5) is 0 Å². The molecule has 1 unspecified atom stereocenters. The van der Waals surface area contributed by atoms with Crippen molar-refractivity contribution >= 4 is 0 Å². The summed E-state index contributed by atoms with van der Waals surface area (Å²) in [5, 5.41) is 4.96. The molecule has 0 aliphatic carbocycles. The van der Waals surface area contributed by atoms with Crippen LogP contribution in [0, 0.1) is 0 Å². The van der Waals surface area contributed by atoms with Gasteiger partial charge in [-0.05, 0) is 48.0 Å². The molecular formula is C25H21N3O2. The van der Waals surface area contributed by atoms with Gasteiger partial charge in [-0.1, -0.05) is 48.5 Å². The maximum absolute atomic E-state index is 6.19. The lowest BCUT2D eigenvalue weighted by molar-refractivity contribution is 0.372. The molecule has 5 rings (SSSR count). The predicted molar refractivity (Wildman–Crippen MR) is 117 cm³/mol. The summed E-state index contributed by atoms with van der Waals surface area (Å²) < 4.78 is 13.2. The molecule has 30 heavy (non-hydrogen) atoms. The Bertz CT molecular complexity index is 1200. The molecule has 2 N–H and O–H groups in total. The molecule has 0 fully saturated rings. The summed E-state index contributed by atoms with van der Waals surface area (Å²) in [6, 6.07) is 28.1. The largest absolute Gasteiger partial charge is 0.497 e. The van der Waals surface area contributed by atoms with Crippen molar-refractivity contribution in [3.05, 3.63) is 108 Å². The third-order valence-electron chi connectivity index (χ3n) is 5.26. The van der Waals surface area contributed by atoms with Crippen LogP contribution in [0.3, 0.4) is 0 Å². The number of benzene rings is 3. The number of hydrogen-bond donors (Lipinski definition) is 1. The summed E-state index contributed by atoms with van der Waals surface area (Å²) in [5.41, 5.74) is 11.1. The number of methoxy groups -OCH3 is 1. The number of para-hydroxylation sites is 1. The van der Waals surface area contributed by atoms with Crippen LogP contribution in [0.5, 0.6) is 11.6 Å². The van der Waals surface area contributed by atoms with E-state index in [2.05, 4.69) is 12.1 Å². The lowest BCUT2D eigenvalue weighted by Gasteiger charge is -2.22. The molecule has 4 aromatic rings. The molecule has 1 aromatic heterocycles. The van der Waals surface area contributed by atoms with Crippen LogP contribution < -0.4 is 15.2 Å². The van der Waals surface area contributed by atoms with Crippen LogP contribution in [0.1, 0.15) is 17.0 Å². The Balaban J connectivity index is 1.75. The van der Waals surface area contributed by atoms with Crippen LogP contribution >= 0.6 is 0 Å². The first-order chi connectivity index (χ1) is 14.7. The highest BCUT2D eigenvalue weighted by molar-refractivity contribution is 5.70. The van der Waals surface area contributed by atoms with Gasteiger partial charge in [-0.25, -0.2) is 0 Å². The Morgan fingerprint density at radius 1 is 0.900 bits per heavy atom. The SMILES string of the molecule is COc1ccc(-c2nn(-c3ccccc3)c3c2C(c2ccccc2)C=C(N)O3)cc1. The normalized spacial score (nSPS) is 15.1. The fourth-order valence-corrected chi connectivity index (χ4v) is 3.82. The van der Waals surface area contributed by atoms with Crippen molar-refractivity contribution in [2.45, 2.75) is 5.92 Å². The molecule has 5 nitrogen and oxygen atoms in total. The maximum Gasteiger partial charge on any atom is 0.229 e. The van der Waals surface area contributed by atoms with Crippen molar-refractivity contribution in [2.75, 3.05) is 7.11 Å². The van der Waals surface area contributed by atoms with Crippen molar-refractivity contribution in [3.8, 4) is 28.6 Å². The third kappa shape index (κ3) is 3.10. The van der Waals surface area contributed by atoms with Crippen molar-refractivity contribution in [2.24, 2.45) is 5.73 Å². The molecule has 0 saturated heterocycles. The van der Waals surface area contributed by atoms with E-state index in [0.29, 0.717) is 11.8 Å². The molecule has 2 heterocycles. The summed E-state index contributed by atoms with van der Waals surface area (Å²) in [4.78, 5) is 0. The minimum absolute atomic E-state index is 0.0653. The molecular weight excluding hydrogens is 374 g/mol. The number of aromatic nitrogens is 2. The Morgan fingerprint density at radius 2 is 1.57 bits per heavy atom. The number of hydrogen-bond acceptors (Lipinski definition) is 4. The van der Waals surface area contributed by atoms with Gasteiger partial charge >= 0.3 is 0 Å². The van der Waals surface area contributed by atoms with Crippen molar-refractivity contribution in [3.63, 3.8) is 0 Å². The average Bonchev–Trinajstić information content (AvgIpc) is 3.19. The maximum atomic E-state index is 6.19. The second-order valence-corrected chi connectivity index (χ2v) is 7.10. The number of nitrogens with two attached hydrogens (primary N) is 1. The molecule has 0 amide bonds. The molecule has 1 aliphatic heterocycles. The zero-order chi connectivity index (χ0) is 20.5. The Morgan fingerprint density at radius 3 is 2.23 bits per heavy atom. The van der Waals surface area contributed by atoms with Gasteiger partial charge in [0.05, 0.1) is 18.4 Å². The van der Waals surface area contributed by atoms with Crippen LogP contribution in [-0.2, 0) is 0 Å². The summed E-state index contributed by atoms with van der Waals surface area (Å²) in [5.74, 6) is 1.75. The van der Waals surface area contributed by atoms with E-state index < -0.39 is 0 Å². The summed E-state index contributed by atoms with van der Waals surface area (Å²) in [7, 11) is 1.66. The minimum atomic E-state index is -0.0653. The highest BCUT2D eigenvalue weighted by Crippen LogP contribution is 2.44. The van der Waals surface area contributed by atoms with Crippen molar-refractivity contribution < 1.29 is 9.47 Å². The zero-order valence-electron chi connectivity index (χ0n) is 16.5. The molecule has 148 valence electrons. The summed E-state index contributed by atoms with van der Waals surface area (Å²) in [6.45, 7) is 0. The number of nitrogens with zero attached hydrogens (tertiary/aromatic N) is 2. The van der Waals surface area contributed by atoms with Gasteiger partial charge in [0.25, 0.3) is 0 Å². The monoisotopic (exact) mass is 395 g/mol. The van der Waals surface area contributed by atoms with Crippen LogP contribution in [0.25, 0.3) is 16.9 Å². The van der Waals surface area contributed by atoms with E-state index in [0.717, 1.165) is 33.8 Å². The Labute approximate surface area is 175 Å². The second kappa shape index (κ2) is 7.44. The zero-order valence-corrected chi connectivity index (χ0v) is 16.5. The average molecular weight is 395 g/mol. The molecule has 1 atom stereocenters. The minimum Gasteiger partial charge on any atom is -0.497 e. The second-order valence-electron chi connectivity index (χ2n) is 7.10. The molecule has 5 heteroatoms. The van der Waals surface area contributed by atoms with E-state index in [1.807, 2.05) is 83.6 Å². The van der Waals surface area contributed by atoms with E-state index in [9.17, 15) is 0 Å². The van der Waals surface area contributed by atoms with Gasteiger partial charge in [0.15, 0.2) is 5.88 Å². The molecule has 0 saturated carbocycles. The number of allylic oxidation sites excluding steroid dienone is 1. The van der Waals surface area contributed by atoms with E-state index in [-0.39, 0.29) is 5.92 Å². The molecule has 0 radical (unpaired) electrons. The first kappa shape index (κ1) is 18.1. The van der Waals surface area contributed by atoms with Crippen LogP contribution in [0.2, 0.25) is 0 Å². The lowest BCUT2D eigenvalue weighted by atomic mass is 9.88. The Kier molecular flexibility index (Phi) is 4.48. The quantitative estimate of drug-likeness (QED) is 0.535. The van der Waals surface area contributed by atoms with E-state index in [1.54, 1.807) is 7.11 Å². The van der Waals surface area contributed by atoms with Gasteiger partial charge in [-0.3, -0.25) is 0 Å². The molecule has 3 aromatic carbocycles. The number of fused-ring (bicyclic) bond motifs is 1. The fraction of sp³-hybridized carbons (Fsp3) is 0.0800. The van der Waals surface area contributed by atoms with Gasteiger partial charge in [0.1, 0.15) is 11.4 Å². The van der Waals surface area contributed by atoms with Crippen LogP contribution in [0.15, 0.2) is 96.9 Å². The van der Waals surface area contributed by atoms with Gasteiger partial charge in [0, 0.05) is 11.5 Å². The highest BCUT2D eigenvalue weighted by atomic mass is 16.5. The highest BCUT2D eigenvalue weighted by Gasteiger charge is 2.32. The van der Waals surface area contributed by atoms with Gasteiger partial charge in [-0.2, -0.15) is 9.78 Å². The standard InChI is InChI=1S/C25H21N3O2/c1-29-20-14-12-18(13-15-20)24-23-21(17-8-4-2-5-9-17)16-22(26)30-25(23)28(27-24)19-10-6-3-7-11-19/h2-16,21H,26H2,1H3. The number of rotatable bonds is 4. The Hall–Kier alpha value is -3.99. The summed E-state index contributed by atoms with van der Waals surface area (Å²) >= 11 is 0. The smallest absolute Gasteiger partial charge is 0.229 e. The van der Waals surface area contributed by atoms with Crippen molar-refractivity contribution in [1.82, 2.24) is 9.78 Å². The van der Waals surface area contributed by atoms with Crippen molar-refractivity contribution in [1.29, 1.82) is 0 Å². The summed E-state index contributed by atoms with van der Waals surface area (Å²) in [6.07, 6.45) is 1.95. The molecule has 0 bridgehead atoms. The van der Waals surface area contributed by atoms with Gasteiger partial charge in [-0.15, -0.1) is 0 Å². The van der Waals surface area contributed by atoms with Gasteiger partial charge < -0.3 is 15.2 Å². The molecule has 0 spiro atoms. The van der Waals surface area contributed by atoms with E-state index >= 15 is 0 Å². The van der Waals surface area contributed by atoms with Gasteiger partial charge in [0.2, 0.25) is 5.88 Å². The predicted octanol–water partition coefficient (Wildman–Crippen LogP) is 4.87. The lowest BCUT2D eigenvalue weighted by Crippen LogP contribution is -2.17. The first-order valence-corrected chi connectivity index (χ1v) is 9.77. The van der Waals surface area contributed by atoms with E-state index in [1.165, 1.54) is 0 Å². The van der Waals surface area contributed by atoms with E-state index in [4.69, 9.17) is 20.3 Å². The molecule has 1 aliphatic rings. The number of ether oxygens (including phenoxy) is 2. The van der Waals surface area contributed by atoms with Crippen LogP contribution in [-0.4, -0.2) is 16.9 Å². The fourth-order valence-electron chi connectivity index (χ4n) is 3.82. The topological polar surface area (TPSA) is 62.3 Å². The third-order valence-corrected chi connectivity index (χ3v) is 5.26. The first-order valence-electron chi connectivity index (χ1n) is 9.77.